The average Bonchev–Trinajstić information content (AvgIpc) is 3.64. The number of carbonyl (C=O) groups excluding carboxylic acids is 1. The molecule has 4 aromatic heterocycles. The first kappa shape index (κ1) is 20.9. The molecule has 0 spiro atoms. The molecule has 2 aliphatic rings. The number of H-pyrrole nitrogens is 1. The molecule has 0 radical (unpaired) electrons. The molecule has 0 bridgehead atoms. The predicted molar refractivity (Wildman–Crippen MR) is 118 cm³/mol. The zero-order valence-corrected chi connectivity index (χ0v) is 18.7. The van der Waals surface area contributed by atoms with Crippen molar-refractivity contribution in [1.29, 1.82) is 0 Å². The Labute approximate surface area is 201 Å². The number of halogens is 2. The van der Waals surface area contributed by atoms with E-state index in [0.29, 0.717) is 23.7 Å². The summed E-state index contributed by atoms with van der Waals surface area (Å²) in [7, 11) is 0. The Kier molecular flexibility index (Phi) is 4.53. The summed E-state index contributed by atoms with van der Waals surface area (Å²) in [6.45, 7) is 0.236. The highest BCUT2D eigenvalue weighted by Crippen LogP contribution is 2.37. The number of amides is 1. The van der Waals surface area contributed by atoms with Crippen LogP contribution >= 0.6 is 0 Å². The Hall–Kier alpha value is -4.42. The number of imidazole rings is 1. The Morgan fingerprint density at radius 3 is 2.81 bits per heavy atom. The number of oxazole rings is 1. The zero-order chi connectivity index (χ0) is 24.4. The second kappa shape index (κ2) is 7.80. The van der Waals surface area contributed by atoms with Crippen molar-refractivity contribution in [3.8, 4) is 11.5 Å². The Morgan fingerprint density at radius 2 is 2.00 bits per heavy atom. The first-order chi connectivity index (χ1) is 17.6. The Morgan fingerprint density at radius 1 is 1.14 bits per heavy atom. The van der Waals surface area contributed by atoms with Crippen LogP contribution in [-0.2, 0) is 6.42 Å². The smallest absolute Gasteiger partial charge is 0.312 e. The van der Waals surface area contributed by atoms with E-state index >= 15 is 0 Å². The molecule has 0 unspecified atom stereocenters. The van der Waals surface area contributed by atoms with E-state index in [1.165, 1.54) is 17.6 Å². The summed E-state index contributed by atoms with van der Waals surface area (Å²) in [4.78, 5) is 26.5. The maximum absolute atomic E-state index is 14.3. The summed E-state index contributed by atoms with van der Waals surface area (Å²) in [5.74, 6) is -2.21. The van der Waals surface area contributed by atoms with Crippen LogP contribution in [0.2, 0.25) is 0 Å². The molecule has 1 saturated carbocycles. The third kappa shape index (κ3) is 3.15. The number of hydrogen-bond acceptors (Lipinski definition) is 8. The second-order valence-electron chi connectivity index (χ2n) is 8.88. The molecule has 182 valence electrons. The molecule has 1 atom stereocenters. The standard InChI is InChI=1S/C23H18F2N8O3/c24-13-4-5-14(25)19-16(13)29-21(35-19)18-17-15(26-10-27-17)6-7-32(18)23(34)22-31-30-20(36-22)11-8-28-33(9-11)12-2-1-3-12/h4-5,8-10,12,18H,1-3,6-7H2,(H,26,27)/t18-/m0/s1. The summed E-state index contributed by atoms with van der Waals surface area (Å²) in [5, 5.41) is 12.4. The number of nitrogens with zero attached hydrogens (tertiary/aromatic N) is 7. The quantitative estimate of drug-likeness (QED) is 0.403. The van der Waals surface area contributed by atoms with Crippen LogP contribution in [-0.4, -0.2) is 52.3 Å². The lowest BCUT2D eigenvalue weighted by atomic mass is 9.93. The van der Waals surface area contributed by atoms with Gasteiger partial charge in [-0.25, -0.2) is 18.7 Å². The van der Waals surface area contributed by atoms with Gasteiger partial charge in [-0.1, -0.05) is 0 Å². The lowest BCUT2D eigenvalue weighted by molar-refractivity contribution is 0.0627. The van der Waals surface area contributed by atoms with E-state index in [1.54, 1.807) is 6.20 Å². The molecule has 11 nitrogen and oxygen atoms in total. The minimum Gasteiger partial charge on any atom is -0.435 e. The first-order valence-electron chi connectivity index (χ1n) is 11.5. The average molecular weight is 492 g/mol. The van der Waals surface area contributed by atoms with Crippen LogP contribution in [0.3, 0.4) is 0 Å². The molecule has 1 aliphatic heterocycles. The van der Waals surface area contributed by atoms with E-state index in [9.17, 15) is 13.6 Å². The third-order valence-corrected chi connectivity index (χ3v) is 6.79. The molecule has 0 saturated heterocycles. The van der Waals surface area contributed by atoms with Crippen molar-refractivity contribution in [3.63, 3.8) is 0 Å². The number of benzene rings is 1. The Bertz CT molecular complexity index is 1580. The largest absolute Gasteiger partial charge is 0.435 e. The SMILES string of the molecule is O=C(c1nnc(-c2cnn(C3CCC3)c2)o1)N1CCc2[nH]cnc2[C@H]1c1nc2c(F)ccc(F)c2o1. The van der Waals surface area contributed by atoms with Gasteiger partial charge in [0.25, 0.3) is 5.89 Å². The molecule has 1 aliphatic carbocycles. The maximum Gasteiger partial charge on any atom is 0.312 e. The molecule has 36 heavy (non-hydrogen) atoms. The molecule has 5 heterocycles. The highest BCUT2D eigenvalue weighted by atomic mass is 19.1. The summed E-state index contributed by atoms with van der Waals surface area (Å²) in [6.07, 6.45) is 8.73. The van der Waals surface area contributed by atoms with Crippen molar-refractivity contribution in [1.82, 2.24) is 39.8 Å². The van der Waals surface area contributed by atoms with Gasteiger partial charge in [-0.3, -0.25) is 9.48 Å². The van der Waals surface area contributed by atoms with E-state index in [0.717, 1.165) is 30.7 Å². The van der Waals surface area contributed by atoms with Gasteiger partial charge in [0, 0.05) is 24.9 Å². The number of carbonyl (C=O) groups is 1. The molecular formula is C23H18F2N8O3. The monoisotopic (exact) mass is 492 g/mol. The number of aromatic amines is 1. The number of nitrogens with one attached hydrogen (secondary N) is 1. The highest BCUT2D eigenvalue weighted by Gasteiger charge is 2.40. The van der Waals surface area contributed by atoms with Crippen LogP contribution < -0.4 is 0 Å². The normalized spacial score (nSPS) is 17.9. The molecule has 5 aromatic rings. The fraction of sp³-hybridized carbons (Fsp3) is 0.304. The van der Waals surface area contributed by atoms with Crippen LogP contribution in [0.4, 0.5) is 8.78 Å². The fourth-order valence-electron chi connectivity index (χ4n) is 4.67. The van der Waals surface area contributed by atoms with Gasteiger partial charge in [-0.15, -0.1) is 10.2 Å². The van der Waals surface area contributed by atoms with E-state index in [4.69, 9.17) is 8.83 Å². The van der Waals surface area contributed by atoms with Crippen molar-refractivity contribution >= 4 is 17.0 Å². The van der Waals surface area contributed by atoms with Crippen LogP contribution in [0.25, 0.3) is 22.6 Å². The van der Waals surface area contributed by atoms with Crippen molar-refractivity contribution in [3.05, 3.63) is 65.7 Å². The van der Waals surface area contributed by atoms with Crippen molar-refractivity contribution in [2.45, 2.75) is 37.8 Å². The van der Waals surface area contributed by atoms with Gasteiger partial charge < -0.3 is 18.7 Å². The number of hydrogen-bond donors (Lipinski definition) is 1. The van der Waals surface area contributed by atoms with Gasteiger partial charge in [-0.2, -0.15) is 5.10 Å². The van der Waals surface area contributed by atoms with E-state index in [-0.39, 0.29) is 35.3 Å². The van der Waals surface area contributed by atoms with Gasteiger partial charge in [0.15, 0.2) is 23.3 Å². The van der Waals surface area contributed by atoms with Gasteiger partial charge >= 0.3 is 11.8 Å². The minimum absolute atomic E-state index is 0.0723. The van der Waals surface area contributed by atoms with Crippen LogP contribution in [0, 0.1) is 11.6 Å². The molecule has 1 N–H and O–H groups in total. The van der Waals surface area contributed by atoms with E-state index in [1.807, 2.05) is 10.9 Å². The fourth-order valence-corrected chi connectivity index (χ4v) is 4.67. The summed E-state index contributed by atoms with van der Waals surface area (Å²) in [6, 6.07) is 1.35. The van der Waals surface area contributed by atoms with E-state index < -0.39 is 23.6 Å². The van der Waals surface area contributed by atoms with Crippen LogP contribution in [0.5, 0.6) is 0 Å². The Balaban J connectivity index is 1.24. The van der Waals surface area contributed by atoms with Gasteiger partial charge in [0.1, 0.15) is 5.52 Å². The molecule has 7 rings (SSSR count). The first-order valence-corrected chi connectivity index (χ1v) is 11.5. The van der Waals surface area contributed by atoms with Crippen molar-refractivity contribution < 1.29 is 22.4 Å². The number of fused-ring (bicyclic) bond motifs is 2. The topological polar surface area (TPSA) is 132 Å². The zero-order valence-electron chi connectivity index (χ0n) is 18.7. The van der Waals surface area contributed by atoms with E-state index in [2.05, 4.69) is 30.2 Å². The van der Waals surface area contributed by atoms with Gasteiger partial charge in [-0.05, 0) is 31.4 Å². The molecule has 1 amide bonds. The lowest BCUT2D eigenvalue weighted by Gasteiger charge is -2.31. The number of aromatic nitrogens is 7. The summed E-state index contributed by atoms with van der Waals surface area (Å²) in [5.41, 5.74) is 1.25. The maximum atomic E-state index is 14.3. The van der Waals surface area contributed by atoms with Crippen LogP contribution in [0.1, 0.15) is 59.3 Å². The van der Waals surface area contributed by atoms with Gasteiger partial charge in [0.05, 0.1) is 29.8 Å². The highest BCUT2D eigenvalue weighted by molar-refractivity contribution is 5.90. The van der Waals surface area contributed by atoms with Crippen molar-refractivity contribution in [2.24, 2.45) is 0 Å². The summed E-state index contributed by atoms with van der Waals surface area (Å²) < 4.78 is 41.8. The lowest BCUT2D eigenvalue weighted by Crippen LogP contribution is -2.41. The van der Waals surface area contributed by atoms with Crippen molar-refractivity contribution in [2.75, 3.05) is 6.54 Å². The second-order valence-corrected chi connectivity index (χ2v) is 8.88. The molecule has 13 heteroatoms. The molecular weight excluding hydrogens is 474 g/mol. The van der Waals surface area contributed by atoms with Crippen LogP contribution in [0.15, 0.2) is 39.7 Å². The predicted octanol–water partition coefficient (Wildman–Crippen LogP) is 3.59. The molecule has 1 fully saturated rings. The molecule has 1 aromatic carbocycles. The summed E-state index contributed by atoms with van der Waals surface area (Å²) >= 11 is 0. The third-order valence-electron chi connectivity index (χ3n) is 6.79. The van der Waals surface area contributed by atoms with Gasteiger partial charge in [0.2, 0.25) is 5.89 Å². The minimum atomic E-state index is -0.949. The number of rotatable bonds is 4.